The molecule has 1 aliphatic rings. The van der Waals surface area contributed by atoms with Gasteiger partial charge in [0.2, 0.25) is 0 Å². The minimum Gasteiger partial charge on any atom is -0.394 e. The van der Waals surface area contributed by atoms with Crippen LogP contribution in [-0.2, 0) is 4.74 Å². The molecule has 3 N–H and O–H groups in total. The van der Waals surface area contributed by atoms with Gasteiger partial charge in [-0.25, -0.2) is 4.98 Å². The molecule has 8 heteroatoms. The molecule has 3 heterocycles. The normalized spacial score (nSPS) is 31.1. The van der Waals surface area contributed by atoms with Gasteiger partial charge in [0.15, 0.2) is 6.23 Å². The summed E-state index contributed by atoms with van der Waals surface area (Å²) >= 11 is 1.34. The number of hydrogen-bond donors (Lipinski definition) is 3. The second kappa shape index (κ2) is 4.66. The summed E-state index contributed by atoms with van der Waals surface area (Å²) < 4.78 is 6.44. The van der Waals surface area contributed by atoms with Gasteiger partial charge in [-0.2, -0.15) is 0 Å². The zero-order valence-electron chi connectivity index (χ0n) is 9.71. The molecule has 1 aliphatic heterocycles. The molecule has 1 unspecified atom stereocenters. The molecule has 2 aromatic heterocycles. The van der Waals surface area contributed by atoms with Gasteiger partial charge < -0.3 is 20.1 Å². The highest BCUT2D eigenvalue weighted by atomic mass is 32.1. The van der Waals surface area contributed by atoms with Crippen molar-refractivity contribution in [3.05, 3.63) is 28.1 Å². The maximum absolute atomic E-state index is 12.2. The van der Waals surface area contributed by atoms with Gasteiger partial charge in [-0.3, -0.25) is 9.36 Å². The Kier molecular flexibility index (Phi) is 3.11. The van der Waals surface area contributed by atoms with Gasteiger partial charge in [0.05, 0.1) is 12.0 Å². The third kappa shape index (κ3) is 1.88. The Morgan fingerprint density at radius 2 is 2.21 bits per heavy atom. The summed E-state index contributed by atoms with van der Waals surface area (Å²) in [5.74, 6) is 0. The number of nitrogens with zero attached hydrogens (tertiary/aromatic N) is 2. The van der Waals surface area contributed by atoms with E-state index in [1.807, 2.05) is 0 Å². The van der Waals surface area contributed by atoms with Crippen molar-refractivity contribution < 1.29 is 20.1 Å². The molecular weight excluding hydrogens is 272 g/mol. The first kappa shape index (κ1) is 12.7. The van der Waals surface area contributed by atoms with E-state index in [9.17, 15) is 15.0 Å². The monoisotopic (exact) mass is 284 g/mol. The quantitative estimate of drug-likeness (QED) is 0.658. The number of rotatable bonds is 2. The Labute approximate surface area is 111 Å². The molecule has 0 radical (unpaired) electrons. The first-order valence-electron chi connectivity index (χ1n) is 5.70. The van der Waals surface area contributed by atoms with Crippen molar-refractivity contribution in [2.75, 3.05) is 6.61 Å². The molecule has 0 aliphatic carbocycles. The van der Waals surface area contributed by atoms with E-state index in [1.54, 1.807) is 11.4 Å². The average Bonchev–Trinajstić information content (AvgIpc) is 2.98. The molecule has 1 fully saturated rings. The molecule has 7 nitrogen and oxygen atoms in total. The van der Waals surface area contributed by atoms with Gasteiger partial charge in [0.25, 0.3) is 5.56 Å². The van der Waals surface area contributed by atoms with Gasteiger partial charge >= 0.3 is 0 Å². The Morgan fingerprint density at radius 1 is 1.42 bits per heavy atom. The summed E-state index contributed by atoms with van der Waals surface area (Å²) in [7, 11) is 0. The van der Waals surface area contributed by atoms with Gasteiger partial charge in [-0.1, -0.05) is 0 Å². The Hall–Kier alpha value is -1.32. The number of ether oxygens (including phenoxy) is 1. The van der Waals surface area contributed by atoms with E-state index in [1.165, 1.54) is 17.7 Å². The summed E-state index contributed by atoms with van der Waals surface area (Å²) in [6.45, 7) is -0.433. The number of aliphatic hydroxyl groups is 3. The molecule has 0 saturated carbocycles. The van der Waals surface area contributed by atoms with Crippen molar-refractivity contribution in [2.45, 2.75) is 24.5 Å². The Bertz CT molecular complexity index is 654. The van der Waals surface area contributed by atoms with Crippen LogP contribution in [0.5, 0.6) is 0 Å². The third-order valence-corrected chi connectivity index (χ3v) is 4.02. The molecule has 4 atom stereocenters. The lowest BCUT2D eigenvalue weighted by atomic mass is 10.1. The van der Waals surface area contributed by atoms with E-state index in [-0.39, 0.29) is 5.56 Å². The summed E-state index contributed by atoms with van der Waals surface area (Å²) in [5.41, 5.74) is -0.346. The van der Waals surface area contributed by atoms with Crippen molar-refractivity contribution >= 4 is 21.6 Å². The highest BCUT2D eigenvalue weighted by Gasteiger charge is 2.43. The van der Waals surface area contributed by atoms with Crippen molar-refractivity contribution in [3.63, 3.8) is 0 Å². The van der Waals surface area contributed by atoms with E-state index in [2.05, 4.69) is 4.98 Å². The maximum atomic E-state index is 12.2. The second-order valence-electron chi connectivity index (χ2n) is 4.33. The van der Waals surface area contributed by atoms with Crippen LogP contribution in [0.25, 0.3) is 10.2 Å². The summed E-state index contributed by atoms with van der Waals surface area (Å²) in [5, 5.41) is 30.8. The smallest absolute Gasteiger partial charge is 0.264 e. The molecular formula is C11H12N2O5S. The average molecular weight is 284 g/mol. The summed E-state index contributed by atoms with van der Waals surface area (Å²) in [6.07, 6.45) is -3.20. The van der Waals surface area contributed by atoms with Crippen LogP contribution in [-0.4, -0.2) is 49.8 Å². The first-order valence-corrected chi connectivity index (χ1v) is 6.58. The number of fused-ring (bicyclic) bond motifs is 1. The predicted octanol–water partition coefficient (Wildman–Crippen LogP) is -0.931. The molecule has 0 amide bonds. The largest absolute Gasteiger partial charge is 0.394 e. The highest BCUT2D eigenvalue weighted by Crippen LogP contribution is 2.28. The van der Waals surface area contributed by atoms with E-state index < -0.39 is 31.1 Å². The van der Waals surface area contributed by atoms with Gasteiger partial charge in [0.1, 0.15) is 29.5 Å². The van der Waals surface area contributed by atoms with Crippen molar-refractivity contribution in [2.24, 2.45) is 0 Å². The van der Waals surface area contributed by atoms with Crippen LogP contribution in [0.4, 0.5) is 0 Å². The number of thiophene rings is 1. The predicted molar refractivity (Wildman–Crippen MR) is 66.9 cm³/mol. The fourth-order valence-electron chi connectivity index (χ4n) is 2.16. The second-order valence-corrected chi connectivity index (χ2v) is 5.22. The lowest BCUT2D eigenvalue weighted by Crippen LogP contribution is -2.35. The van der Waals surface area contributed by atoms with E-state index >= 15 is 0 Å². The fourth-order valence-corrected chi connectivity index (χ4v) is 2.88. The van der Waals surface area contributed by atoms with Crippen LogP contribution in [0.2, 0.25) is 0 Å². The van der Waals surface area contributed by atoms with Crippen LogP contribution in [0, 0.1) is 0 Å². The summed E-state index contributed by atoms with van der Waals surface area (Å²) in [4.78, 5) is 16.9. The van der Waals surface area contributed by atoms with Crippen LogP contribution >= 0.6 is 11.3 Å². The van der Waals surface area contributed by atoms with Gasteiger partial charge in [-0.05, 0) is 11.4 Å². The fraction of sp³-hybridized carbons (Fsp3) is 0.455. The molecule has 3 rings (SSSR count). The SMILES string of the molecule is O=c1c2ccsc2ncn1C1O[C@H](CO)[C@@H](O)[C@H]1O. The Morgan fingerprint density at radius 3 is 2.89 bits per heavy atom. The zero-order chi connectivity index (χ0) is 13.6. The van der Waals surface area contributed by atoms with Crippen molar-refractivity contribution in [3.8, 4) is 0 Å². The molecule has 0 aromatic carbocycles. The van der Waals surface area contributed by atoms with E-state index in [0.29, 0.717) is 10.2 Å². The molecule has 19 heavy (non-hydrogen) atoms. The topological polar surface area (TPSA) is 105 Å². The van der Waals surface area contributed by atoms with Crippen molar-refractivity contribution in [1.29, 1.82) is 0 Å². The van der Waals surface area contributed by atoms with Gasteiger partial charge in [0, 0.05) is 0 Å². The van der Waals surface area contributed by atoms with Crippen LogP contribution in [0.15, 0.2) is 22.6 Å². The van der Waals surface area contributed by atoms with Gasteiger partial charge in [-0.15, -0.1) is 11.3 Å². The lowest BCUT2D eigenvalue weighted by molar-refractivity contribution is -0.0545. The standard InChI is InChI=1S/C11H12N2O5S/c14-3-6-7(15)8(16)11(18-6)13-4-12-9-5(10(13)17)1-2-19-9/h1-2,4,6-8,11,14-16H,3H2/t6-,7-,8-,11?/m1/s1. The first-order chi connectivity index (χ1) is 9.13. The maximum Gasteiger partial charge on any atom is 0.264 e. The molecule has 0 bridgehead atoms. The molecule has 2 aromatic rings. The third-order valence-electron chi connectivity index (χ3n) is 3.20. The number of hydrogen-bond acceptors (Lipinski definition) is 7. The highest BCUT2D eigenvalue weighted by molar-refractivity contribution is 7.16. The van der Waals surface area contributed by atoms with E-state index in [4.69, 9.17) is 9.84 Å². The van der Waals surface area contributed by atoms with Crippen LogP contribution in [0.3, 0.4) is 0 Å². The zero-order valence-corrected chi connectivity index (χ0v) is 10.5. The number of aliphatic hydroxyl groups excluding tert-OH is 3. The van der Waals surface area contributed by atoms with E-state index in [0.717, 1.165) is 4.57 Å². The lowest BCUT2D eigenvalue weighted by Gasteiger charge is -2.16. The van der Waals surface area contributed by atoms with Crippen molar-refractivity contribution in [1.82, 2.24) is 9.55 Å². The molecule has 102 valence electrons. The van der Waals surface area contributed by atoms with Crippen LogP contribution < -0.4 is 5.56 Å². The minimum atomic E-state index is -1.28. The minimum absolute atomic E-state index is 0.346. The molecule has 1 saturated heterocycles. The number of aromatic nitrogens is 2. The Balaban J connectivity index is 2.05. The van der Waals surface area contributed by atoms with Crippen LogP contribution in [0.1, 0.15) is 6.23 Å². The molecule has 0 spiro atoms. The summed E-state index contributed by atoms with van der Waals surface area (Å²) in [6, 6.07) is 1.65.